The lowest BCUT2D eigenvalue weighted by atomic mass is 10.2. The van der Waals surface area contributed by atoms with E-state index in [4.69, 9.17) is 4.74 Å². The number of halogens is 1. The first-order chi connectivity index (χ1) is 8.13. The SMILES string of the molecule is CC[C@@H]1CN(c2cnn(C)c(=O)c2Br)CCO1. The van der Waals surface area contributed by atoms with Crippen LogP contribution in [0.1, 0.15) is 13.3 Å². The fourth-order valence-corrected chi connectivity index (χ4v) is 2.52. The van der Waals surface area contributed by atoms with Gasteiger partial charge in [-0.1, -0.05) is 6.92 Å². The summed E-state index contributed by atoms with van der Waals surface area (Å²) < 4.78 is 7.51. The Morgan fingerprint density at radius 2 is 2.41 bits per heavy atom. The fourth-order valence-electron chi connectivity index (χ4n) is 1.91. The Balaban J connectivity index is 2.28. The molecule has 1 aromatic rings. The number of nitrogens with zero attached hydrogens (tertiary/aromatic N) is 3. The zero-order valence-corrected chi connectivity index (χ0v) is 11.6. The van der Waals surface area contributed by atoms with Crippen LogP contribution in [0.5, 0.6) is 0 Å². The highest BCUT2D eigenvalue weighted by atomic mass is 79.9. The van der Waals surface area contributed by atoms with Crippen LogP contribution >= 0.6 is 15.9 Å². The molecule has 5 nitrogen and oxygen atoms in total. The summed E-state index contributed by atoms with van der Waals surface area (Å²) in [6.07, 6.45) is 2.94. The molecule has 2 heterocycles. The third kappa shape index (κ3) is 2.52. The van der Waals surface area contributed by atoms with Crippen LogP contribution in [0.3, 0.4) is 0 Å². The second kappa shape index (κ2) is 5.18. The van der Waals surface area contributed by atoms with Gasteiger partial charge in [-0.2, -0.15) is 5.10 Å². The molecule has 0 aliphatic carbocycles. The summed E-state index contributed by atoms with van der Waals surface area (Å²) in [5, 5.41) is 4.06. The van der Waals surface area contributed by atoms with E-state index >= 15 is 0 Å². The van der Waals surface area contributed by atoms with Gasteiger partial charge in [-0.15, -0.1) is 0 Å². The Labute approximate surface area is 109 Å². The second-order valence-corrected chi connectivity index (χ2v) is 4.91. The highest BCUT2D eigenvalue weighted by Crippen LogP contribution is 2.23. The highest BCUT2D eigenvalue weighted by molar-refractivity contribution is 9.10. The Bertz CT molecular complexity index is 461. The van der Waals surface area contributed by atoms with Gasteiger partial charge in [-0.25, -0.2) is 4.68 Å². The lowest BCUT2D eigenvalue weighted by Gasteiger charge is -2.34. The van der Waals surface area contributed by atoms with Gasteiger partial charge in [0.05, 0.1) is 24.6 Å². The van der Waals surface area contributed by atoms with E-state index in [1.807, 2.05) is 0 Å². The van der Waals surface area contributed by atoms with E-state index in [2.05, 4.69) is 32.9 Å². The standard InChI is InChI=1S/C11H16BrN3O2/c1-3-8-7-15(4-5-17-8)9-6-13-14(2)11(16)10(9)12/h6,8H,3-5,7H2,1-2H3/t8-/m1/s1. The third-order valence-corrected chi connectivity index (χ3v) is 3.74. The molecule has 17 heavy (non-hydrogen) atoms. The Hall–Kier alpha value is -0.880. The minimum atomic E-state index is -0.109. The van der Waals surface area contributed by atoms with Gasteiger partial charge in [-0.05, 0) is 22.4 Å². The number of rotatable bonds is 2. The topological polar surface area (TPSA) is 47.4 Å². The van der Waals surface area contributed by atoms with Crippen molar-refractivity contribution in [2.24, 2.45) is 7.05 Å². The normalized spacial score (nSPS) is 20.6. The average Bonchev–Trinajstić information content (AvgIpc) is 2.36. The van der Waals surface area contributed by atoms with Crippen molar-refractivity contribution in [2.75, 3.05) is 24.6 Å². The maximum Gasteiger partial charge on any atom is 0.282 e. The molecule has 0 aromatic carbocycles. The number of hydrogen-bond acceptors (Lipinski definition) is 4. The molecule has 0 radical (unpaired) electrons. The third-order valence-electron chi connectivity index (χ3n) is 2.99. The van der Waals surface area contributed by atoms with Gasteiger partial charge < -0.3 is 9.64 Å². The summed E-state index contributed by atoms with van der Waals surface area (Å²) in [6.45, 7) is 4.40. The molecule has 0 unspecified atom stereocenters. The zero-order chi connectivity index (χ0) is 12.4. The van der Waals surface area contributed by atoms with Gasteiger partial charge in [-0.3, -0.25) is 4.79 Å². The molecule has 0 bridgehead atoms. The maximum absolute atomic E-state index is 11.8. The summed E-state index contributed by atoms with van der Waals surface area (Å²) in [5.74, 6) is 0. The van der Waals surface area contributed by atoms with Crippen molar-refractivity contribution in [1.29, 1.82) is 0 Å². The first-order valence-corrected chi connectivity index (χ1v) is 6.51. The molecule has 1 saturated heterocycles. The molecule has 1 aliphatic rings. The van der Waals surface area contributed by atoms with E-state index in [0.717, 1.165) is 25.2 Å². The monoisotopic (exact) mass is 301 g/mol. The Morgan fingerprint density at radius 3 is 3.12 bits per heavy atom. The lowest BCUT2D eigenvalue weighted by Crippen LogP contribution is -2.43. The summed E-state index contributed by atoms with van der Waals surface area (Å²) in [5.41, 5.74) is 0.747. The molecule has 0 spiro atoms. The number of morpholine rings is 1. The quantitative estimate of drug-likeness (QED) is 0.822. The summed E-state index contributed by atoms with van der Waals surface area (Å²) in [6, 6.07) is 0. The molecule has 1 fully saturated rings. The average molecular weight is 302 g/mol. The molecule has 0 N–H and O–H groups in total. The van der Waals surface area contributed by atoms with Crippen LogP contribution in [-0.2, 0) is 11.8 Å². The van der Waals surface area contributed by atoms with Crippen molar-refractivity contribution in [3.8, 4) is 0 Å². The number of ether oxygens (including phenoxy) is 1. The van der Waals surface area contributed by atoms with Crippen LogP contribution in [0.25, 0.3) is 0 Å². The van der Waals surface area contributed by atoms with Crippen LogP contribution in [0, 0.1) is 0 Å². The largest absolute Gasteiger partial charge is 0.375 e. The highest BCUT2D eigenvalue weighted by Gasteiger charge is 2.22. The van der Waals surface area contributed by atoms with Gasteiger partial charge >= 0.3 is 0 Å². The Kier molecular flexibility index (Phi) is 3.83. The molecular weight excluding hydrogens is 286 g/mol. The minimum Gasteiger partial charge on any atom is -0.375 e. The second-order valence-electron chi connectivity index (χ2n) is 4.12. The van der Waals surface area contributed by atoms with Gasteiger partial charge in [0.2, 0.25) is 0 Å². The molecular formula is C11H16BrN3O2. The predicted octanol–water partition coefficient (Wildman–Crippen LogP) is 1.16. The molecule has 0 saturated carbocycles. The predicted molar refractivity (Wildman–Crippen MR) is 69.4 cm³/mol. The zero-order valence-electron chi connectivity index (χ0n) is 10.0. The van der Waals surface area contributed by atoms with E-state index in [1.54, 1.807) is 13.2 Å². The minimum absolute atomic E-state index is 0.109. The van der Waals surface area contributed by atoms with Crippen molar-refractivity contribution in [1.82, 2.24) is 9.78 Å². The Morgan fingerprint density at radius 1 is 1.65 bits per heavy atom. The van der Waals surface area contributed by atoms with E-state index < -0.39 is 0 Å². The molecule has 1 aliphatic heterocycles. The van der Waals surface area contributed by atoms with Gasteiger partial charge in [0, 0.05) is 20.1 Å². The van der Waals surface area contributed by atoms with Crippen molar-refractivity contribution in [3.63, 3.8) is 0 Å². The maximum atomic E-state index is 11.8. The number of aromatic nitrogens is 2. The lowest BCUT2D eigenvalue weighted by molar-refractivity contribution is 0.0383. The molecule has 94 valence electrons. The van der Waals surface area contributed by atoms with Gasteiger partial charge in [0.25, 0.3) is 5.56 Å². The molecule has 0 amide bonds. The molecule has 6 heteroatoms. The molecule has 1 aromatic heterocycles. The van der Waals surface area contributed by atoms with Crippen LogP contribution in [0.4, 0.5) is 5.69 Å². The smallest absolute Gasteiger partial charge is 0.282 e. The van der Waals surface area contributed by atoms with Crippen molar-refractivity contribution < 1.29 is 4.74 Å². The summed E-state index contributed by atoms with van der Waals surface area (Å²) in [4.78, 5) is 13.9. The van der Waals surface area contributed by atoms with Gasteiger partial charge in [0.1, 0.15) is 4.47 Å². The summed E-state index contributed by atoms with van der Waals surface area (Å²) >= 11 is 3.35. The van der Waals surface area contributed by atoms with E-state index in [0.29, 0.717) is 11.1 Å². The van der Waals surface area contributed by atoms with Gasteiger partial charge in [0.15, 0.2) is 0 Å². The van der Waals surface area contributed by atoms with Crippen molar-refractivity contribution in [2.45, 2.75) is 19.4 Å². The molecule has 2 rings (SSSR count). The van der Waals surface area contributed by atoms with Crippen LogP contribution in [0.15, 0.2) is 15.5 Å². The van der Waals surface area contributed by atoms with Crippen LogP contribution in [0.2, 0.25) is 0 Å². The summed E-state index contributed by atoms with van der Waals surface area (Å²) in [7, 11) is 1.64. The van der Waals surface area contributed by atoms with Crippen LogP contribution in [-0.4, -0.2) is 35.6 Å². The first-order valence-electron chi connectivity index (χ1n) is 5.71. The van der Waals surface area contributed by atoms with E-state index in [1.165, 1.54) is 4.68 Å². The van der Waals surface area contributed by atoms with Crippen molar-refractivity contribution in [3.05, 3.63) is 21.0 Å². The first kappa shape index (κ1) is 12.6. The fraction of sp³-hybridized carbons (Fsp3) is 0.636. The number of aryl methyl sites for hydroxylation is 1. The number of anilines is 1. The van der Waals surface area contributed by atoms with E-state index in [9.17, 15) is 4.79 Å². The molecule has 1 atom stereocenters. The van der Waals surface area contributed by atoms with E-state index in [-0.39, 0.29) is 11.7 Å². The number of hydrogen-bond donors (Lipinski definition) is 0. The van der Waals surface area contributed by atoms with Crippen molar-refractivity contribution >= 4 is 21.6 Å². The van der Waals surface area contributed by atoms with Crippen LogP contribution < -0.4 is 10.5 Å².